The van der Waals surface area contributed by atoms with Gasteiger partial charge in [-0.2, -0.15) is 0 Å². The van der Waals surface area contributed by atoms with Crippen LogP contribution in [0.2, 0.25) is 10.0 Å². The quantitative estimate of drug-likeness (QED) is 0.891. The number of carbonyl (C=O) groups excluding carboxylic acids is 1. The lowest BCUT2D eigenvalue weighted by molar-refractivity contribution is -0.123. The van der Waals surface area contributed by atoms with Crippen LogP contribution in [-0.2, 0) is 11.3 Å². The van der Waals surface area contributed by atoms with Crippen molar-refractivity contribution in [2.75, 3.05) is 6.61 Å². The van der Waals surface area contributed by atoms with Gasteiger partial charge in [0.25, 0.3) is 5.91 Å². The van der Waals surface area contributed by atoms with Gasteiger partial charge in [0, 0.05) is 16.9 Å². The maximum absolute atomic E-state index is 11.6. The Hall–Kier alpha value is -1.65. The molecule has 0 aliphatic rings. The Bertz CT molecular complexity index is 556. The fourth-order valence-corrected chi connectivity index (χ4v) is 1.92. The van der Waals surface area contributed by atoms with Gasteiger partial charge in [0.1, 0.15) is 5.75 Å². The first kappa shape index (κ1) is 13.8. The van der Waals surface area contributed by atoms with Gasteiger partial charge in [0.15, 0.2) is 6.61 Å². The summed E-state index contributed by atoms with van der Waals surface area (Å²) in [5, 5.41) is 3.62. The van der Waals surface area contributed by atoms with Gasteiger partial charge in [-0.15, -0.1) is 0 Å². The molecule has 0 aliphatic carbocycles. The number of carbonyl (C=O) groups is 1. The molecule has 1 aromatic carbocycles. The molecule has 0 aliphatic heterocycles. The molecule has 4 nitrogen and oxygen atoms in total. The Labute approximate surface area is 120 Å². The third kappa shape index (κ3) is 4.19. The first-order valence-corrected chi connectivity index (χ1v) is 6.37. The highest BCUT2D eigenvalue weighted by Crippen LogP contribution is 2.27. The zero-order valence-electron chi connectivity index (χ0n) is 9.95. The Balaban J connectivity index is 1.80. The molecule has 0 spiro atoms. The summed E-state index contributed by atoms with van der Waals surface area (Å²) in [7, 11) is 0. The molecule has 2 rings (SSSR count). The lowest BCUT2D eigenvalue weighted by Gasteiger charge is -2.08. The van der Waals surface area contributed by atoms with E-state index in [4.69, 9.17) is 27.9 Å². The number of hydrogen-bond donors (Lipinski definition) is 2. The Kier molecular flexibility index (Phi) is 4.71. The number of ether oxygens (including phenoxy) is 1. The molecule has 100 valence electrons. The number of halogens is 2. The van der Waals surface area contributed by atoms with Crippen LogP contribution in [0.25, 0.3) is 0 Å². The van der Waals surface area contributed by atoms with Gasteiger partial charge >= 0.3 is 0 Å². The molecule has 0 saturated carbocycles. The highest BCUT2D eigenvalue weighted by Gasteiger charge is 2.06. The smallest absolute Gasteiger partial charge is 0.258 e. The van der Waals surface area contributed by atoms with Crippen molar-refractivity contribution in [3.8, 4) is 5.75 Å². The summed E-state index contributed by atoms with van der Waals surface area (Å²) in [6, 6.07) is 8.60. The van der Waals surface area contributed by atoms with E-state index in [-0.39, 0.29) is 12.5 Å². The van der Waals surface area contributed by atoms with E-state index < -0.39 is 0 Å². The van der Waals surface area contributed by atoms with Crippen LogP contribution in [0.5, 0.6) is 5.75 Å². The maximum Gasteiger partial charge on any atom is 0.258 e. The van der Waals surface area contributed by atoms with Crippen molar-refractivity contribution >= 4 is 29.1 Å². The number of aromatic amines is 1. The van der Waals surface area contributed by atoms with Gasteiger partial charge in [-0.1, -0.05) is 23.2 Å². The lowest BCUT2D eigenvalue weighted by Crippen LogP contribution is -2.28. The molecule has 1 amide bonds. The topological polar surface area (TPSA) is 54.1 Å². The van der Waals surface area contributed by atoms with Crippen LogP contribution in [0.15, 0.2) is 36.5 Å². The molecule has 0 radical (unpaired) electrons. The molecular formula is C13H12Cl2N2O2. The van der Waals surface area contributed by atoms with Crippen LogP contribution < -0.4 is 10.1 Å². The molecule has 0 unspecified atom stereocenters. The molecule has 19 heavy (non-hydrogen) atoms. The van der Waals surface area contributed by atoms with Gasteiger partial charge in [0.2, 0.25) is 0 Å². The van der Waals surface area contributed by atoms with E-state index in [9.17, 15) is 4.79 Å². The van der Waals surface area contributed by atoms with Crippen molar-refractivity contribution < 1.29 is 9.53 Å². The number of amides is 1. The van der Waals surface area contributed by atoms with Crippen LogP contribution >= 0.6 is 23.2 Å². The molecular weight excluding hydrogens is 287 g/mol. The SMILES string of the molecule is O=C(COc1ccc(Cl)cc1Cl)NCc1ccc[nH]1. The minimum atomic E-state index is -0.222. The first-order chi connectivity index (χ1) is 9.15. The Morgan fingerprint density at radius 2 is 2.16 bits per heavy atom. The van der Waals surface area contributed by atoms with Crippen LogP contribution in [-0.4, -0.2) is 17.5 Å². The fraction of sp³-hybridized carbons (Fsp3) is 0.154. The predicted octanol–water partition coefficient (Wildman–Crippen LogP) is 3.02. The number of rotatable bonds is 5. The minimum absolute atomic E-state index is 0.0952. The Morgan fingerprint density at radius 3 is 2.84 bits per heavy atom. The van der Waals surface area contributed by atoms with Crippen molar-refractivity contribution in [1.29, 1.82) is 0 Å². The zero-order chi connectivity index (χ0) is 13.7. The second-order valence-electron chi connectivity index (χ2n) is 3.84. The van der Waals surface area contributed by atoms with E-state index in [2.05, 4.69) is 10.3 Å². The van der Waals surface area contributed by atoms with Crippen LogP contribution in [0.4, 0.5) is 0 Å². The first-order valence-electron chi connectivity index (χ1n) is 5.62. The summed E-state index contributed by atoms with van der Waals surface area (Å²) in [6.45, 7) is 0.339. The summed E-state index contributed by atoms with van der Waals surface area (Å²) in [5.41, 5.74) is 0.929. The van der Waals surface area contributed by atoms with E-state index in [0.29, 0.717) is 22.3 Å². The largest absolute Gasteiger partial charge is 0.482 e. The summed E-state index contributed by atoms with van der Waals surface area (Å²) < 4.78 is 5.31. The number of hydrogen-bond acceptors (Lipinski definition) is 2. The third-order valence-electron chi connectivity index (χ3n) is 2.39. The minimum Gasteiger partial charge on any atom is -0.482 e. The molecule has 0 saturated heterocycles. The van der Waals surface area contributed by atoms with Gasteiger partial charge in [-0.25, -0.2) is 0 Å². The average molecular weight is 299 g/mol. The second kappa shape index (κ2) is 6.50. The highest BCUT2D eigenvalue weighted by molar-refractivity contribution is 6.35. The molecule has 2 N–H and O–H groups in total. The summed E-state index contributed by atoms with van der Waals surface area (Å²) in [5.74, 6) is 0.210. The van der Waals surface area contributed by atoms with E-state index in [0.717, 1.165) is 5.69 Å². The van der Waals surface area contributed by atoms with E-state index in [1.54, 1.807) is 24.4 Å². The van der Waals surface area contributed by atoms with E-state index >= 15 is 0 Å². The van der Waals surface area contributed by atoms with Crippen molar-refractivity contribution in [2.24, 2.45) is 0 Å². The van der Waals surface area contributed by atoms with Gasteiger partial charge in [-0.3, -0.25) is 4.79 Å². The molecule has 0 fully saturated rings. The second-order valence-corrected chi connectivity index (χ2v) is 4.68. The number of nitrogens with one attached hydrogen (secondary N) is 2. The molecule has 6 heteroatoms. The van der Waals surface area contributed by atoms with Crippen molar-refractivity contribution in [3.63, 3.8) is 0 Å². The van der Waals surface area contributed by atoms with Crippen LogP contribution in [0.1, 0.15) is 5.69 Å². The van der Waals surface area contributed by atoms with Gasteiger partial charge < -0.3 is 15.0 Å². The molecule has 0 bridgehead atoms. The Morgan fingerprint density at radius 1 is 1.32 bits per heavy atom. The fourth-order valence-electron chi connectivity index (χ4n) is 1.46. The zero-order valence-corrected chi connectivity index (χ0v) is 11.5. The summed E-state index contributed by atoms with van der Waals surface area (Å²) >= 11 is 11.7. The summed E-state index contributed by atoms with van der Waals surface area (Å²) in [6.07, 6.45) is 1.80. The lowest BCUT2D eigenvalue weighted by atomic mass is 10.3. The molecule has 2 aromatic rings. The molecule has 0 atom stereocenters. The van der Waals surface area contributed by atoms with Gasteiger partial charge in [0.05, 0.1) is 11.6 Å². The monoisotopic (exact) mass is 298 g/mol. The normalized spacial score (nSPS) is 10.2. The van der Waals surface area contributed by atoms with Gasteiger partial charge in [-0.05, 0) is 30.3 Å². The highest BCUT2D eigenvalue weighted by atomic mass is 35.5. The number of aromatic nitrogens is 1. The average Bonchev–Trinajstić information content (AvgIpc) is 2.88. The van der Waals surface area contributed by atoms with Crippen molar-refractivity contribution in [3.05, 3.63) is 52.3 Å². The molecule has 1 heterocycles. The van der Waals surface area contributed by atoms with Crippen molar-refractivity contribution in [2.45, 2.75) is 6.54 Å². The van der Waals surface area contributed by atoms with Crippen LogP contribution in [0.3, 0.4) is 0 Å². The number of H-pyrrole nitrogens is 1. The summed E-state index contributed by atoms with van der Waals surface area (Å²) in [4.78, 5) is 14.6. The standard InChI is InChI=1S/C13H12Cl2N2O2/c14-9-3-4-12(11(15)6-9)19-8-13(18)17-7-10-2-1-5-16-10/h1-6,16H,7-8H2,(H,17,18). The third-order valence-corrected chi connectivity index (χ3v) is 2.92. The van der Waals surface area contributed by atoms with E-state index in [1.165, 1.54) is 0 Å². The van der Waals surface area contributed by atoms with Crippen LogP contribution in [0, 0.1) is 0 Å². The van der Waals surface area contributed by atoms with E-state index in [1.807, 2.05) is 12.1 Å². The number of benzene rings is 1. The maximum atomic E-state index is 11.6. The predicted molar refractivity (Wildman–Crippen MR) is 74.6 cm³/mol. The molecule has 1 aromatic heterocycles. The van der Waals surface area contributed by atoms with Crippen molar-refractivity contribution in [1.82, 2.24) is 10.3 Å².